The Hall–Kier alpha value is -2.14. The van der Waals surface area contributed by atoms with Crippen LogP contribution in [0.3, 0.4) is 0 Å². The molecule has 1 saturated carbocycles. The monoisotopic (exact) mass is 288 g/mol. The first-order valence-corrected chi connectivity index (χ1v) is 6.74. The minimum atomic E-state index is -0.321. The number of amides is 1. The topological polar surface area (TPSA) is 70.1 Å². The number of hydrazone groups is 1. The van der Waals surface area contributed by atoms with Crippen LogP contribution in [0.15, 0.2) is 35.4 Å². The second kappa shape index (κ2) is 5.46. The normalized spacial score (nSPS) is 14.7. The third kappa shape index (κ3) is 3.05. The minimum Gasteiger partial charge on any atom is -0.281 e. The number of hydrogen-bond donors (Lipinski definition) is 2. The zero-order valence-corrected chi connectivity index (χ0v) is 11.4. The van der Waals surface area contributed by atoms with Gasteiger partial charge in [-0.3, -0.25) is 9.89 Å². The highest BCUT2D eigenvalue weighted by molar-refractivity contribution is 6.30. The molecular weight excluding hydrogens is 276 g/mol. The van der Waals surface area contributed by atoms with Gasteiger partial charge in [0, 0.05) is 16.6 Å². The first-order chi connectivity index (χ1) is 9.72. The zero-order valence-electron chi connectivity index (χ0n) is 10.6. The fourth-order valence-electron chi connectivity index (χ4n) is 1.83. The smallest absolute Gasteiger partial charge is 0.281 e. The summed E-state index contributed by atoms with van der Waals surface area (Å²) >= 11 is 5.78. The number of benzene rings is 1. The first-order valence-electron chi connectivity index (χ1n) is 6.36. The number of aromatic nitrogens is 2. The Morgan fingerprint density at radius 2 is 2.15 bits per heavy atom. The Morgan fingerprint density at radius 1 is 1.40 bits per heavy atom. The molecule has 1 aliphatic carbocycles. The molecule has 3 rings (SSSR count). The molecule has 1 aliphatic rings. The van der Waals surface area contributed by atoms with Crippen molar-refractivity contribution in [1.29, 1.82) is 0 Å². The molecule has 1 aromatic carbocycles. The summed E-state index contributed by atoms with van der Waals surface area (Å²) < 4.78 is 0. The van der Waals surface area contributed by atoms with Crippen molar-refractivity contribution in [3.63, 3.8) is 0 Å². The molecule has 6 heteroatoms. The van der Waals surface area contributed by atoms with Gasteiger partial charge in [0.1, 0.15) is 0 Å². The molecule has 0 atom stereocenters. The lowest BCUT2D eigenvalue weighted by molar-refractivity contribution is 0.0950. The van der Waals surface area contributed by atoms with Gasteiger partial charge < -0.3 is 0 Å². The molecule has 0 saturated heterocycles. The first kappa shape index (κ1) is 12.9. The van der Waals surface area contributed by atoms with Crippen LogP contribution in [0, 0.1) is 0 Å². The largest absolute Gasteiger partial charge is 0.291 e. The van der Waals surface area contributed by atoms with E-state index in [-0.39, 0.29) is 5.91 Å². The molecule has 0 unspecified atom stereocenters. The summed E-state index contributed by atoms with van der Waals surface area (Å²) in [6.45, 7) is 0. The minimum absolute atomic E-state index is 0.321. The van der Waals surface area contributed by atoms with E-state index in [1.165, 1.54) is 0 Å². The van der Waals surface area contributed by atoms with E-state index in [1.807, 2.05) is 12.1 Å². The van der Waals surface area contributed by atoms with Crippen LogP contribution < -0.4 is 5.43 Å². The van der Waals surface area contributed by atoms with Gasteiger partial charge in [-0.2, -0.15) is 10.2 Å². The number of H-pyrrole nitrogens is 1. The van der Waals surface area contributed by atoms with Crippen LogP contribution in [0.1, 0.15) is 40.5 Å². The predicted molar refractivity (Wildman–Crippen MR) is 77.1 cm³/mol. The van der Waals surface area contributed by atoms with E-state index >= 15 is 0 Å². The van der Waals surface area contributed by atoms with Gasteiger partial charge >= 0.3 is 0 Å². The van der Waals surface area contributed by atoms with Crippen molar-refractivity contribution in [1.82, 2.24) is 15.6 Å². The summed E-state index contributed by atoms with van der Waals surface area (Å²) in [6, 6.07) is 8.95. The van der Waals surface area contributed by atoms with E-state index in [9.17, 15) is 4.79 Å². The fourth-order valence-corrected chi connectivity index (χ4v) is 1.95. The highest BCUT2D eigenvalue weighted by atomic mass is 35.5. The molecule has 102 valence electrons. The molecule has 20 heavy (non-hydrogen) atoms. The molecule has 2 aromatic rings. The number of nitrogens with zero attached hydrogens (tertiary/aromatic N) is 2. The SMILES string of the molecule is O=C(N/N=C/c1ccc(Cl)cc1)c1cc(C2CC2)[nH]n1. The third-order valence-electron chi connectivity index (χ3n) is 3.10. The number of rotatable bonds is 4. The maximum atomic E-state index is 11.8. The maximum Gasteiger partial charge on any atom is 0.291 e. The van der Waals surface area contributed by atoms with Gasteiger partial charge in [0.2, 0.25) is 0 Å². The lowest BCUT2D eigenvalue weighted by atomic mass is 10.2. The molecular formula is C14H13ClN4O. The quantitative estimate of drug-likeness (QED) is 0.671. The predicted octanol–water partition coefficient (Wildman–Crippen LogP) is 2.70. The van der Waals surface area contributed by atoms with Crippen LogP contribution in [-0.2, 0) is 0 Å². The summed E-state index contributed by atoms with van der Waals surface area (Å²) in [4.78, 5) is 11.8. The average Bonchev–Trinajstić information content (AvgIpc) is 3.18. The Morgan fingerprint density at radius 3 is 2.85 bits per heavy atom. The number of halogens is 1. The molecule has 1 fully saturated rings. The van der Waals surface area contributed by atoms with E-state index < -0.39 is 0 Å². The third-order valence-corrected chi connectivity index (χ3v) is 3.35. The molecule has 0 radical (unpaired) electrons. The number of aromatic amines is 1. The Balaban J connectivity index is 1.59. The fraction of sp³-hybridized carbons (Fsp3) is 0.214. The van der Waals surface area contributed by atoms with Gasteiger partial charge in [0.05, 0.1) is 6.21 Å². The van der Waals surface area contributed by atoms with Gasteiger partial charge in [-0.05, 0) is 36.6 Å². The molecule has 2 N–H and O–H groups in total. The second-order valence-electron chi connectivity index (χ2n) is 4.73. The van der Waals surface area contributed by atoms with Crippen LogP contribution in [0.25, 0.3) is 0 Å². The van der Waals surface area contributed by atoms with E-state index in [4.69, 9.17) is 11.6 Å². The molecule has 1 amide bonds. The van der Waals surface area contributed by atoms with Crippen LogP contribution >= 0.6 is 11.6 Å². The highest BCUT2D eigenvalue weighted by Crippen LogP contribution is 2.38. The summed E-state index contributed by atoms with van der Waals surface area (Å²) in [5, 5.41) is 11.4. The number of carbonyl (C=O) groups is 1. The Labute approximate surface area is 121 Å². The number of carbonyl (C=O) groups excluding carboxylic acids is 1. The second-order valence-corrected chi connectivity index (χ2v) is 5.17. The van der Waals surface area contributed by atoms with Gasteiger partial charge in [0.25, 0.3) is 5.91 Å². The zero-order chi connectivity index (χ0) is 13.9. The summed E-state index contributed by atoms with van der Waals surface area (Å²) in [7, 11) is 0. The van der Waals surface area contributed by atoms with Crippen molar-refractivity contribution in [3.05, 3.63) is 52.3 Å². The van der Waals surface area contributed by atoms with Crippen molar-refractivity contribution in [2.24, 2.45) is 5.10 Å². The molecule has 5 nitrogen and oxygen atoms in total. The lowest BCUT2D eigenvalue weighted by Gasteiger charge is -1.95. The maximum absolute atomic E-state index is 11.8. The summed E-state index contributed by atoms with van der Waals surface area (Å²) in [5.74, 6) is 0.222. The van der Waals surface area contributed by atoms with E-state index in [1.54, 1.807) is 24.4 Å². The number of hydrogen-bond acceptors (Lipinski definition) is 3. The van der Waals surface area contributed by atoms with Crippen molar-refractivity contribution in [2.45, 2.75) is 18.8 Å². The molecule has 1 heterocycles. The van der Waals surface area contributed by atoms with E-state index in [0.29, 0.717) is 16.6 Å². The van der Waals surface area contributed by atoms with Crippen molar-refractivity contribution < 1.29 is 4.79 Å². The molecule has 0 bridgehead atoms. The van der Waals surface area contributed by atoms with Gasteiger partial charge in [-0.15, -0.1) is 0 Å². The van der Waals surface area contributed by atoms with Gasteiger partial charge in [-0.25, -0.2) is 5.43 Å². The number of nitrogens with one attached hydrogen (secondary N) is 2. The van der Waals surface area contributed by atoms with Crippen molar-refractivity contribution in [3.8, 4) is 0 Å². The molecule has 0 spiro atoms. The van der Waals surface area contributed by atoms with Crippen molar-refractivity contribution >= 4 is 23.7 Å². The Bertz CT molecular complexity index is 643. The summed E-state index contributed by atoms with van der Waals surface area (Å²) in [6.07, 6.45) is 3.89. The lowest BCUT2D eigenvalue weighted by Crippen LogP contribution is -2.18. The summed E-state index contributed by atoms with van der Waals surface area (Å²) in [5.41, 5.74) is 4.69. The van der Waals surface area contributed by atoms with Crippen molar-refractivity contribution in [2.75, 3.05) is 0 Å². The standard InChI is InChI=1S/C14H13ClN4O/c15-11-5-1-9(2-6-11)8-16-19-14(20)13-7-12(17-18-13)10-3-4-10/h1-2,5-8,10H,3-4H2,(H,17,18)(H,19,20)/b16-8+. The van der Waals surface area contributed by atoms with E-state index in [2.05, 4.69) is 20.7 Å². The van der Waals surface area contributed by atoms with Crippen LogP contribution in [0.4, 0.5) is 0 Å². The molecule has 1 aromatic heterocycles. The average molecular weight is 289 g/mol. The molecule has 0 aliphatic heterocycles. The van der Waals surface area contributed by atoms with Crippen LogP contribution in [0.2, 0.25) is 5.02 Å². The van der Waals surface area contributed by atoms with E-state index in [0.717, 1.165) is 24.1 Å². The highest BCUT2D eigenvalue weighted by Gasteiger charge is 2.26. The Kier molecular flexibility index (Phi) is 3.52. The van der Waals surface area contributed by atoms with Crippen LogP contribution in [-0.4, -0.2) is 22.3 Å². The van der Waals surface area contributed by atoms with Gasteiger partial charge in [-0.1, -0.05) is 23.7 Å². The van der Waals surface area contributed by atoms with Crippen LogP contribution in [0.5, 0.6) is 0 Å². The van der Waals surface area contributed by atoms with Gasteiger partial charge in [0.15, 0.2) is 5.69 Å².